The first-order valence-corrected chi connectivity index (χ1v) is 51.4. The standard InChI is InChI=1S/C55H35N.C51H33N.C40H26N2/c1-2-14-41(15-3-1)52-35-50(55-45-17-7-6-13-39(45)32-33-51(55)56-52)40-27-22-37(23-28-40)38-24-29-42(30-25-38)53-46-18-8-10-20-48(46)54(49-21-11-9-19-47(49)53)44-31-26-36-12-4-5-16-43(36)34-44;1-3-14-38(15-4-1)48-33-46(51-41-18-8-7-13-36(41)31-32-47(51)52-48)37-27-23-34(24-28-37)35-25-29-40(30-26-35)50-44-21-11-9-19-42(44)49(39-16-5-2-6-17-39)43-20-10-12-22-45(43)50;1-2-9-32(10-3-1)39-24-36(40-35-13-7-4-8-29(35)22-23-38(40)42-39)30-18-14-27(15-19-30)28-16-20-31(21-17-28)37-26-41-25-33-11-5-6-12-34(33)37/h1-35H;1-33H;1-26H. The predicted molar refractivity (Wildman–Crippen MR) is 637 cm³/mol. The van der Waals surface area contributed by atoms with Crippen LogP contribution in [0.2, 0.25) is 0 Å². The SMILES string of the molecule is c1ccc(-c2cc(-c3ccc(-c4ccc(-c5c6ccccc6c(-c6ccc7ccccc7c6)c6ccccc56)cc4)cc3)c3c(ccc4ccccc43)n2)cc1.c1ccc(-c2cc(-c3ccc(-c4ccc(-c5c6ccccc6c(-c6ccccc6)c6ccccc56)cc4)cc3)c3c(ccc4ccccc43)n2)cc1.c1ccc(-c2cc(-c3ccc(-c4ccc(-c5cncc6ccccc56)cc4)cc3)c3c(ccc4ccccc43)n2)cc1. The molecule has 0 bridgehead atoms. The monoisotopic (exact) mass is 1900 g/mol. The molecule has 25 aromatic carbocycles. The van der Waals surface area contributed by atoms with Crippen LogP contribution in [0.5, 0.6) is 0 Å². The van der Waals surface area contributed by atoms with E-state index in [9.17, 15) is 0 Å². The molecule has 0 aliphatic heterocycles. The first-order chi connectivity index (χ1) is 74.4. The average molecular weight is 1900 g/mol. The average Bonchev–Trinajstić information content (AvgIpc) is 0.731. The van der Waals surface area contributed by atoms with Crippen LogP contribution in [0.4, 0.5) is 0 Å². The molecule has 0 amide bonds. The van der Waals surface area contributed by atoms with Crippen molar-refractivity contribution in [1.29, 1.82) is 0 Å². The minimum absolute atomic E-state index is 0.980. The molecular formula is C146H94N4. The third kappa shape index (κ3) is 16.6. The zero-order valence-corrected chi connectivity index (χ0v) is 82.1. The van der Waals surface area contributed by atoms with Gasteiger partial charge >= 0.3 is 0 Å². The number of pyridine rings is 4. The molecule has 4 heterocycles. The van der Waals surface area contributed by atoms with Crippen LogP contribution in [0.1, 0.15) is 0 Å². The molecule has 4 aromatic heterocycles. The molecule has 4 nitrogen and oxygen atoms in total. The van der Waals surface area contributed by atoms with Gasteiger partial charge in [0.1, 0.15) is 0 Å². The molecule has 150 heavy (non-hydrogen) atoms. The number of hydrogen-bond donors (Lipinski definition) is 0. The Bertz CT molecular complexity index is 10100. The van der Waals surface area contributed by atoms with Crippen LogP contribution >= 0.6 is 0 Å². The molecule has 29 rings (SSSR count). The topological polar surface area (TPSA) is 51.6 Å². The highest BCUT2D eigenvalue weighted by atomic mass is 14.7. The van der Waals surface area contributed by atoms with Gasteiger partial charge in [-0.1, -0.05) is 516 Å². The molecule has 0 aliphatic carbocycles. The molecule has 0 fully saturated rings. The molecular weight excluding hydrogens is 1810 g/mol. The van der Waals surface area contributed by atoms with Crippen LogP contribution < -0.4 is 0 Å². The summed E-state index contributed by atoms with van der Waals surface area (Å²) in [7, 11) is 0. The Labute approximate surface area is 869 Å². The van der Waals surface area contributed by atoms with Crippen LogP contribution in [0.3, 0.4) is 0 Å². The largest absolute Gasteiger partial charge is 0.263 e. The van der Waals surface area contributed by atoms with E-state index in [1.807, 2.05) is 18.5 Å². The number of fused-ring (bicyclic) bond motifs is 15. The maximum absolute atomic E-state index is 5.15. The van der Waals surface area contributed by atoms with Gasteiger partial charge in [0.2, 0.25) is 0 Å². The molecule has 0 radical (unpaired) electrons. The Hall–Kier alpha value is -19.8. The van der Waals surface area contributed by atoms with Gasteiger partial charge in [0.05, 0.1) is 33.6 Å². The van der Waals surface area contributed by atoms with Crippen molar-refractivity contribution in [3.05, 3.63) is 570 Å². The lowest BCUT2D eigenvalue weighted by molar-refractivity contribution is 1.36. The number of benzene rings is 25. The van der Waals surface area contributed by atoms with Gasteiger partial charge in [-0.2, -0.15) is 0 Å². The third-order valence-electron chi connectivity index (χ3n) is 30.1. The van der Waals surface area contributed by atoms with Crippen LogP contribution in [-0.2, 0) is 0 Å². The van der Waals surface area contributed by atoms with Crippen molar-refractivity contribution in [2.45, 2.75) is 0 Å². The maximum Gasteiger partial charge on any atom is 0.0722 e. The van der Waals surface area contributed by atoms with E-state index in [4.69, 9.17) is 15.0 Å². The third-order valence-corrected chi connectivity index (χ3v) is 30.1. The first kappa shape index (κ1) is 89.1. The Kier molecular flexibility index (Phi) is 23.0. The molecule has 29 aromatic rings. The Morgan fingerprint density at radius 3 is 0.640 bits per heavy atom. The molecule has 4 heteroatoms. The summed E-state index contributed by atoms with van der Waals surface area (Å²) in [6.45, 7) is 0. The Balaban J connectivity index is 0.000000112. The fourth-order valence-electron chi connectivity index (χ4n) is 22.8. The molecule has 0 N–H and O–H groups in total. The van der Waals surface area contributed by atoms with Gasteiger partial charge < -0.3 is 0 Å². The lowest BCUT2D eigenvalue weighted by Crippen LogP contribution is -1.92. The Morgan fingerprint density at radius 1 is 0.113 bits per heavy atom. The molecule has 0 aliphatic rings. The zero-order chi connectivity index (χ0) is 99.3. The first-order valence-electron chi connectivity index (χ1n) is 51.4. The van der Waals surface area contributed by atoms with Crippen LogP contribution in [0.25, 0.3) is 286 Å². The van der Waals surface area contributed by atoms with E-state index in [0.717, 1.165) is 61.3 Å². The second-order valence-electron chi connectivity index (χ2n) is 38.8. The summed E-state index contributed by atoms with van der Waals surface area (Å²) in [6.07, 6.45) is 3.88. The van der Waals surface area contributed by atoms with E-state index < -0.39 is 0 Å². The van der Waals surface area contributed by atoms with Gasteiger partial charge in [0.25, 0.3) is 0 Å². The summed E-state index contributed by atoms with van der Waals surface area (Å²) in [5.41, 5.74) is 35.9. The van der Waals surface area contributed by atoms with Crippen molar-refractivity contribution in [3.63, 3.8) is 0 Å². The lowest BCUT2D eigenvalue weighted by Gasteiger charge is -2.18. The van der Waals surface area contributed by atoms with Crippen molar-refractivity contribution < 1.29 is 0 Å². The fraction of sp³-hybridized carbons (Fsp3) is 0. The van der Waals surface area contributed by atoms with Crippen molar-refractivity contribution in [3.8, 4) is 156 Å². The Morgan fingerprint density at radius 2 is 0.327 bits per heavy atom. The quantitative estimate of drug-likeness (QED) is 0.0804. The second kappa shape index (κ2) is 38.7. The normalized spacial score (nSPS) is 11.5. The van der Waals surface area contributed by atoms with Crippen LogP contribution in [0, 0.1) is 0 Å². The maximum atomic E-state index is 5.15. The minimum Gasteiger partial charge on any atom is -0.263 e. The summed E-state index contributed by atoms with van der Waals surface area (Å²) < 4.78 is 0. The van der Waals surface area contributed by atoms with Crippen molar-refractivity contribution in [2.24, 2.45) is 0 Å². The van der Waals surface area contributed by atoms with E-state index in [2.05, 4.69) is 557 Å². The second-order valence-corrected chi connectivity index (χ2v) is 38.8. The predicted octanol–water partition coefficient (Wildman–Crippen LogP) is 39.8. The highest BCUT2D eigenvalue weighted by Gasteiger charge is 2.24. The number of hydrogen-bond acceptors (Lipinski definition) is 4. The molecule has 698 valence electrons. The number of rotatable bonds is 14. The highest BCUT2D eigenvalue weighted by Crippen LogP contribution is 2.50. The summed E-state index contributed by atoms with van der Waals surface area (Å²) in [5, 5.41) is 25.9. The lowest BCUT2D eigenvalue weighted by atomic mass is 9.85. The van der Waals surface area contributed by atoms with Gasteiger partial charge in [0.15, 0.2) is 0 Å². The molecule has 0 atom stereocenters. The minimum atomic E-state index is 0.980. The highest BCUT2D eigenvalue weighted by molar-refractivity contribution is 6.25. The van der Waals surface area contributed by atoms with Crippen LogP contribution in [0.15, 0.2) is 570 Å². The number of nitrogens with zero attached hydrogens (tertiary/aromatic N) is 4. The fourth-order valence-corrected chi connectivity index (χ4v) is 22.8. The summed E-state index contributed by atoms with van der Waals surface area (Å²) in [5.74, 6) is 0. The summed E-state index contributed by atoms with van der Waals surface area (Å²) in [6, 6.07) is 201. The van der Waals surface area contributed by atoms with Gasteiger partial charge in [-0.15, -0.1) is 0 Å². The zero-order valence-electron chi connectivity index (χ0n) is 82.1. The smallest absolute Gasteiger partial charge is 0.0722 e. The van der Waals surface area contributed by atoms with Crippen molar-refractivity contribution in [1.82, 2.24) is 19.9 Å². The molecule has 0 saturated carbocycles. The van der Waals surface area contributed by atoms with E-state index in [0.29, 0.717) is 0 Å². The van der Waals surface area contributed by atoms with Gasteiger partial charge in [0, 0.05) is 56.2 Å². The van der Waals surface area contributed by atoms with E-state index in [-0.39, 0.29) is 0 Å². The molecule has 0 saturated heterocycles. The van der Waals surface area contributed by atoms with Gasteiger partial charge in [-0.25, -0.2) is 15.0 Å². The molecule has 0 spiro atoms. The summed E-state index contributed by atoms with van der Waals surface area (Å²) in [4.78, 5) is 19.9. The van der Waals surface area contributed by atoms with Crippen molar-refractivity contribution >= 4 is 130 Å². The number of aromatic nitrogens is 4. The van der Waals surface area contributed by atoms with Crippen molar-refractivity contribution in [2.75, 3.05) is 0 Å². The summed E-state index contributed by atoms with van der Waals surface area (Å²) >= 11 is 0. The van der Waals surface area contributed by atoms with Gasteiger partial charge in [-0.05, 0) is 251 Å². The van der Waals surface area contributed by atoms with Gasteiger partial charge in [-0.3, -0.25) is 4.98 Å². The van der Waals surface area contributed by atoms with E-state index in [1.165, 1.54) is 225 Å². The van der Waals surface area contributed by atoms with E-state index >= 15 is 0 Å². The molecule has 0 unspecified atom stereocenters. The van der Waals surface area contributed by atoms with Crippen LogP contribution in [-0.4, -0.2) is 19.9 Å². The van der Waals surface area contributed by atoms with E-state index in [1.54, 1.807) is 0 Å².